The Morgan fingerprint density at radius 2 is 2.10 bits per heavy atom. The van der Waals surface area contributed by atoms with Crippen molar-refractivity contribution in [2.45, 2.75) is 62.4 Å². The summed E-state index contributed by atoms with van der Waals surface area (Å²) in [7, 11) is 1.67. The lowest BCUT2D eigenvalue weighted by molar-refractivity contribution is -0.133. The number of halogens is 3. The summed E-state index contributed by atoms with van der Waals surface area (Å²) in [5.74, 6) is -2.03. The number of nitrogens with zero attached hydrogens (tertiary/aromatic N) is 7. The number of benzene rings is 1. The zero-order valence-corrected chi connectivity index (χ0v) is 28.7. The molecule has 0 saturated carbocycles. The number of fused-ring (bicyclic) bond motifs is 7. The number of piperazine rings is 1. The highest BCUT2D eigenvalue weighted by Crippen LogP contribution is 2.49. The number of anilines is 3. The predicted octanol–water partition coefficient (Wildman–Crippen LogP) is 5.23. The third-order valence-corrected chi connectivity index (χ3v) is 12.2. The first-order valence-corrected chi connectivity index (χ1v) is 17.8. The molecule has 7 heterocycles. The zero-order chi connectivity index (χ0) is 34.2. The van der Waals surface area contributed by atoms with E-state index in [4.69, 9.17) is 21.3 Å². The van der Waals surface area contributed by atoms with Gasteiger partial charge in [-0.05, 0) is 44.0 Å². The van der Waals surface area contributed by atoms with Crippen LogP contribution in [0.5, 0.6) is 5.88 Å². The summed E-state index contributed by atoms with van der Waals surface area (Å²) in [5, 5.41) is 10.8. The Hall–Kier alpha value is -3.99. The number of amides is 2. The Bertz CT molecular complexity index is 1930. The third-order valence-electron chi connectivity index (χ3n) is 11.0. The maximum atomic E-state index is 14.7. The summed E-state index contributed by atoms with van der Waals surface area (Å²) in [6.07, 6.45) is 1.83. The minimum absolute atomic E-state index is 0.0397. The number of hydrogen-bond donors (Lipinski definition) is 0. The number of pyridine rings is 1. The van der Waals surface area contributed by atoms with Crippen LogP contribution in [0.15, 0.2) is 36.7 Å². The van der Waals surface area contributed by atoms with Gasteiger partial charge < -0.3 is 24.3 Å². The molecule has 1 aromatic carbocycles. The Balaban J connectivity index is 1.23. The minimum atomic E-state index is -1.13. The molecular weight excluding hydrogens is 672 g/mol. The average Bonchev–Trinajstić information content (AvgIpc) is 3.75. The summed E-state index contributed by atoms with van der Waals surface area (Å²) in [6, 6.07) is 8.81. The van der Waals surface area contributed by atoms with Crippen molar-refractivity contribution in [2.24, 2.45) is 0 Å². The summed E-state index contributed by atoms with van der Waals surface area (Å²) in [5.41, 5.74) is 3.69. The number of likely N-dealkylation sites (N-methyl/N-ethyl adjacent to an activating group) is 1. The van der Waals surface area contributed by atoms with Crippen LogP contribution in [-0.2, 0) is 22.6 Å². The Morgan fingerprint density at radius 1 is 1.27 bits per heavy atom. The Kier molecular flexibility index (Phi) is 7.96. The van der Waals surface area contributed by atoms with E-state index in [0.717, 1.165) is 52.1 Å². The van der Waals surface area contributed by atoms with E-state index in [0.29, 0.717) is 48.4 Å². The van der Waals surface area contributed by atoms with Crippen LogP contribution in [0.25, 0.3) is 10.1 Å². The monoisotopic (exact) mass is 707 g/mol. The van der Waals surface area contributed by atoms with E-state index in [9.17, 15) is 23.6 Å². The van der Waals surface area contributed by atoms with Crippen molar-refractivity contribution in [1.29, 1.82) is 5.26 Å². The second-order valence-corrected chi connectivity index (χ2v) is 15.5. The molecule has 0 radical (unpaired) electrons. The topological polar surface area (TPSA) is 96.3 Å². The van der Waals surface area contributed by atoms with Crippen LogP contribution < -0.4 is 19.4 Å². The lowest BCUT2D eigenvalue weighted by Gasteiger charge is -2.51. The maximum Gasteiger partial charge on any atom is 0.282 e. The molecule has 49 heavy (non-hydrogen) atoms. The number of thiophene rings is 1. The second kappa shape index (κ2) is 12.1. The van der Waals surface area contributed by atoms with Gasteiger partial charge in [0.25, 0.3) is 11.8 Å². The quantitative estimate of drug-likeness (QED) is 0.322. The Labute approximate surface area is 292 Å². The largest absolute Gasteiger partial charge is 0.474 e. The van der Waals surface area contributed by atoms with Gasteiger partial charge >= 0.3 is 0 Å². The van der Waals surface area contributed by atoms with Crippen LogP contribution in [-0.4, -0.2) is 96.8 Å². The van der Waals surface area contributed by atoms with E-state index in [-0.39, 0.29) is 32.0 Å². The highest BCUT2D eigenvalue weighted by atomic mass is 35.5. The summed E-state index contributed by atoms with van der Waals surface area (Å²) >= 11 is 7.95. The van der Waals surface area contributed by atoms with Gasteiger partial charge in [0.05, 0.1) is 52.9 Å². The molecule has 0 N–H and O–H groups in total. The first-order chi connectivity index (χ1) is 23.6. The highest BCUT2D eigenvalue weighted by molar-refractivity contribution is 7.22. The summed E-state index contributed by atoms with van der Waals surface area (Å²) in [6.45, 7) is 5.85. The lowest BCUT2D eigenvalue weighted by atomic mass is 9.93. The standard InChI is InChI=1S/C35H36ClF2N7O3S/c1-20(37)33(46)44-18-27-34(47)41(2)31-30(45(27)16-22(44)7-10-39)23-8-12-42(26-5-3-6-28-24(26)13-29(36)49-28)17-25(23)40-32(31)48-19-35-9-4-11-43(35)15-21(38)14-35/h3,5-6,13,21-22,27H,1,4,7-9,11-12,14-19H2,2H3/t21-,22+,27?,35?/m1/s1. The number of rotatable bonds is 6. The van der Waals surface area contributed by atoms with E-state index < -0.39 is 35.5 Å². The van der Waals surface area contributed by atoms with E-state index >= 15 is 0 Å². The van der Waals surface area contributed by atoms with Gasteiger partial charge in [0, 0.05) is 54.4 Å². The smallest absolute Gasteiger partial charge is 0.282 e. The van der Waals surface area contributed by atoms with Gasteiger partial charge in [0.1, 0.15) is 24.5 Å². The number of carbonyl (C=O) groups excluding carboxylic acids is 2. The number of carbonyl (C=O) groups is 2. The van der Waals surface area contributed by atoms with Crippen LogP contribution in [0.1, 0.15) is 36.9 Å². The molecule has 10 nitrogen and oxygen atoms in total. The van der Waals surface area contributed by atoms with Gasteiger partial charge in [-0.15, -0.1) is 11.3 Å². The van der Waals surface area contributed by atoms with Crippen molar-refractivity contribution < 1.29 is 23.1 Å². The van der Waals surface area contributed by atoms with Crippen molar-refractivity contribution in [3.8, 4) is 11.9 Å². The van der Waals surface area contributed by atoms with Crippen molar-refractivity contribution in [1.82, 2.24) is 14.8 Å². The van der Waals surface area contributed by atoms with Crippen molar-refractivity contribution >= 4 is 61.9 Å². The number of hydrogen-bond acceptors (Lipinski definition) is 9. The molecule has 3 saturated heterocycles. The first kappa shape index (κ1) is 32.2. The molecule has 14 heteroatoms. The molecule has 2 unspecified atom stereocenters. The van der Waals surface area contributed by atoms with Crippen LogP contribution in [0.4, 0.5) is 25.8 Å². The molecule has 8 rings (SSSR count). The molecule has 2 aromatic heterocycles. The molecule has 5 aliphatic rings. The van der Waals surface area contributed by atoms with Crippen LogP contribution in [0.3, 0.4) is 0 Å². The lowest BCUT2D eigenvalue weighted by Crippen LogP contribution is -2.66. The van der Waals surface area contributed by atoms with Gasteiger partial charge in [0.15, 0.2) is 5.83 Å². The molecule has 2 amide bonds. The number of alkyl halides is 1. The molecule has 3 fully saturated rings. The zero-order valence-electron chi connectivity index (χ0n) is 27.1. The van der Waals surface area contributed by atoms with Gasteiger partial charge in [-0.3, -0.25) is 14.5 Å². The number of ether oxygens (including phenoxy) is 1. The van der Waals surface area contributed by atoms with Gasteiger partial charge in [-0.1, -0.05) is 24.2 Å². The highest BCUT2D eigenvalue weighted by Gasteiger charge is 2.51. The molecule has 256 valence electrons. The van der Waals surface area contributed by atoms with E-state index in [2.05, 4.69) is 34.6 Å². The maximum absolute atomic E-state index is 14.7. The normalized spacial score (nSPS) is 26.3. The molecule has 0 bridgehead atoms. The van der Waals surface area contributed by atoms with Crippen molar-refractivity contribution in [3.05, 3.63) is 52.3 Å². The minimum Gasteiger partial charge on any atom is -0.474 e. The SMILES string of the molecule is C=C(F)C(=O)N1CC2C(=O)N(C)c3c(OCC45CCCN4C[C@H](F)C5)nc4c(c3N2C[C@@H]1CC#N)CCN(c1cccc2sc(Cl)cc12)C4. The van der Waals surface area contributed by atoms with Crippen molar-refractivity contribution in [3.63, 3.8) is 0 Å². The summed E-state index contributed by atoms with van der Waals surface area (Å²) < 4.78 is 37.3. The number of aromatic nitrogens is 1. The van der Waals surface area contributed by atoms with Gasteiger partial charge in [-0.2, -0.15) is 5.26 Å². The molecule has 5 aliphatic heterocycles. The first-order valence-electron chi connectivity index (χ1n) is 16.7. The fourth-order valence-electron chi connectivity index (χ4n) is 8.75. The van der Waals surface area contributed by atoms with Crippen LogP contribution >= 0.6 is 22.9 Å². The van der Waals surface area contributed by atoms with Crippen molar-refractivity contribution in [2.75, 3.05) is 61.1 Å². The predicted molar refractivity (Wildman–Crippen MR) is 185 cm³/mol. The molecule has 3 aromatic rings. The van der Waals surface area contributed by atoms with E-state index in [1.807, 2.05) is 17.0 Å². The number of nitriles is 1. The van der Waals surface area contributed by atoms with Gasteiger partial charge in [0.2, 0.25) is 5.88 Å². The average molecular weight is 708 g/mol. The molecule has 0 aliphatic carbocycles. The fraction of sp³-hybridized carbons (Fsp3) is 0.486. The Morgan fingerprint density at radius 3 is 2.90 bits per heavy atom. The summed E-state index contributed by atoms with van der Waals surface area (Å²) in [4.78, 5) is 41.4. The van der Waals surface area contributed by atoms with E-state index in [1.54, 1.807) is 7.05 Å². The second-order valence-electron chi connectivity index (χ2n) is 13.8. The van der Waals surface area contributed by atoms with Crippen LogP contribution in [0.2, 0.25) is 4.34 Å². The van der Waals surface area contributed by atoms with Gasteiger partial charge in [-0.25, -0.2) is 13.8 Å². The fourth-order valence-corrected chi connectivity index (χ4v) is 9.91. The third kappa shape index (κ3) is 5.22. The van der Waals surface area contributed by atoms with Crippen LogP contribution in [0, 0.1) is 11.3 Å². The molecule has 4 atom stereocenters. The van der Waals surface area contributed by atoms with E-state index in [1.165, 1.54) is 21.1 Å². The molecule has 0 spiro atoms. The molecular formula is C35H36ClF2N7O3S.